The molecule has 0 spiro atoms. The van der Waals surface area contributed by atoms with E-state index in [0.717, 1.165) is 28.1 Å². The standard InChI is InChI=1S/C18H22BrNO/c1-18(2,3)14-6-5-7-16(10-14)21-17-11-15(19)9-8-13(17)12-20-4/h5-11,20H,12H2,1-4H3. The van der Waals surface area contributed by atoms with E-state index < -0.39 is 0 Å². The summed E-state index contributed by atoms with van der Waals surface area (Å²) >= 11 is 3.51. The summed E-state index contributed by atoms with van der Waals surface area (Å²) in [6.45, 7) is 7.40. The number of hydrogen-bond donors (Lipinski definition) is 1. The lowest BCUT2D eigenvalue weighted by molar-refractivity contribution is 0.470. The van der Waals surface area contributed by atoms with Gasteiger partial charge in [0.2, 0.25) is 0 Å². The maximum absolute atomic E-state index is 6.11. The Bertz CT molecular complexity index is 617. The van der Waals surface area contributed by atoms with Gasteiger partial charge < -0.3 is 10.1 Å². The summed E-state index contributed by atoms with van der Waals surface area (Å²) in [4.78, 5) is 0. The number of rotatable bonds is 4. The van der Waals surface area contributed by atoms with Gasteiger partial charge >= 0.3 is 0 Å². The third-order valence-corrected chi connectivity index (χ3v) is 3.82. The predicted octanol–water partition coefficient (Wildman–Crippen LogP) is 5.26. The summed E-state index contributed by atoms with van der Waals surface area (Å²) in [6, 6.07) is 14.4. The van der Waals surface area contributed by atoms with Crippen LogP contribution in [-0.2, 0) is 12.0 Å². The fourth-order valence-electron chi connectivity index (χ4n) is 2.11. The second-order valence-corrected chi connectivity index (χ2v) is 7.08. The fourth-order valence-corrected chi connectivity index (χ4v) is 2.45. The maximum atomic E-state index is 6.11. The van der Waals surface area contributed by atoms with Crippen LogP contribution in [0.15, 0.2) is 46.9 Å². The second kappa shape index (κ2) is 6.63. The fraction of sp³-hybridized carbons (Fsp3) is 0.333. The predicted molar refractivity (Wildman–Crippen MR) is 92.1 cm³/mol. The first-order valence-corrected chi connectivity index (χ1v) is 7.91. The number of hydrogen-bond acceptors (Lipinski definition) is 2. The van der Waals surface area contributed by atoms with Crippen molar-refractivity contribution in [3.8, 4) is 11.5 Å². The molecule has 2 aromatic carbocycles. The first-order chi connectivity index (χ1) is 9.90. The van der Waals surface area contributed by atoms with Crippen molar-refractivity contribution in [1.29, 1.82) is 0 Å². The lowest BCUT2D eigenvalue weighted by Gasteiger charge is -2.20. The first-order valence-electron chi connectivity index (χ1n) is 7.11. The van der Waals surface area contributed by atoms with Crippen LogP contribution in [0.2, 0.25) is 0 Å². The zero-order valence-electron chi connectivity index (χ0n) is 13.0. The molecule has 0 unspecified atom stereocenters. The van der Waals surface area contributed by atoms with Gasteiger partial charge in [-0.25, -0.2) is 0 Å². The molecule has 0 amide bonds. The van der Waals surface area contributed by atoms with E-state index in [2.05, 4.69) is 60.2 Å². The van der Waals surface area contributed by atoms with Crippen molar-refractivity contribution >= 4 is 15.9 Å². The van der Waals surface area contributed by atoms with Crippen LogP contribution >= 0.6 is 15.9 Å². The van der Waals surface area contributed by atoms with Crippen molar-refractivity contribution < 1.29 is 4.74 Å². The smallest absolute Gasteiger partial charge is 0.133 e. The van der Waals surface area contributed by atoms with E-state index in [1.807, 2.05) is 31.3 Å². The summed E-state index contributed by atoms with van der Waals surface area (Å²) < 4.78 is 7.13. The quantitative estimate of drug-likeness (QED) is 0.814. The van der Waals surface area contributed by atoms with Gasteiger partial charge in [0.25, 0.3) is 0 Å². The molecule has 112 valence electrons. The van der Waals surface area contributed by atoms with Crippen LogP contribution in [0.1, 0.15) is 31.9 Å². The van der Waals surface area contributed by atoms with Crippen LogP contribution < -0.4 is 10.1 Å². The van der Waals surface area contributed by atoms with Gasteiger partial charge in [0.1, 0.15) is 11.5 Å². The highest BCUT2D eigenvalue weighted by Gasteiger charge is 2.14. The molecule has 2 aromatic rings. The van der Waals surface area contributed by atoms with Crippen molar-refractivity contribution in [2.75, 3.05) is 7.05 Å². The van der Waals surface area contributed by atoms with Crippen LogP contribution in [0, 0.1) is 0 Å². The van der Waals surface area contributed by atoms with E-state index in [9.17, 15) is 0 Å². The van der Waals surface area contributed by atoms with Gasteiger partial charge in [-0.15, -0.1) is 0 Å². The van der Waals surface area contributed by atoms with E-state index in [1.54, 1.807) is 0 Å². The molecule has 0 fully saturated rings. The summed E-state index contributed by atoms with van der Waals surface area (Å²) in [7, 11) is 1.94. The molecular formula is C18H22BrNO. The SMILES string of the molecule is CNCc1ccc(Br)cc1Oc1cccc(C(C)(C)C)c1. The Balaban J connectivity index is 2.32. The van der Waals surface area contributed by atoms with Gasteiger partial charge in [-0.3, -0.25) is 0 Å². The van der Waals surface area contributed by atoms with Gasteiger partial charge in [0.05, 0.1) is 0 Å². The molecular weight excluding hydrogens is 326 g/mol. The highest BCUT2D eigenvalue weighted by atomic mass is 79.9. The van der Waals surface area contributed by atoms with E-state index >= 15 is 0 Å². The third-order valence-electron chi connectivity index (χ3n) is 3.32. The van der Waals surface area contributed by atoms with Crippen LogP contribution in [0.25, 0.3) is 0 Å². The molecule has 0 radical (unpaired) electrons. The highest BCUT2D eigenvalue weighted by Crippen LogP contribution is 2.31. The minimum absolute atomic E-state index is 0.116. The van der Waals surface area contributed by atoms with Gasteiger partial charge in [-0.1, -0.05) is 54.9 Å². The Kier molecular flexibility index (Phi) is 5.07. The number of ether oxygens (including phenoxy) is 1. The van der Waals surface area contributed by atoms with Crippen LogP contribution in [0.3, 0.4) is 0 Å². The van der Waals surface area contributed by atoms with Gasteiger partial charge in [-0.05, 0) is 42.3 Å². The van der Waals surface area contributed by atoms with Crippen LogP contribution in [-0.4, -0.2) is 7.05 Å². The molecule has 0 aliphatic rings. The zero-order chi connectivity index (χ0) is 15.5. The third kappa shape index (κ3) is 4.32. The summed E-state index contributed by atoms with van der Waals surface area (Å²) in [5.74, 6) is 1.75. The molecule has 0 atom stereocenters. The average molecular weight is 348 g/mol. The van der Waals surface area contributed by atoms with Crippen LogP contribution in [0.4, 0.5) is 0 Å². The minimum Gasteiger partial charge on any atom is -0.457 e. The molecule has 0 aromatic heterocycles. The van der Waals surface area contributed by atoms with E-state index in [4.69, 9.17) is 4.74 Å². The monoisotopic (exact) mass is 347 g/mol. The molecule has 3 heteroatoms. The lowest BCUT2D eigenvalue weighted by Crippen LogP contribution is -2.10. The van der Waals surface area contributed by atoms with E-state index in [-0.39, 0.29) is 5.41 Å². The second-order valence-electron chi connectivity index (χ2n) is 6.16. The van der Waals surface area contributed by atoms with Gasteiger partial charge in [-0.2, -0.15) is 0 Å². The minimum atomic E-state index is 0.116. The Morgan fingerprint density at radius 2 is 1.86 bits per heavy atom. The topological polar surface area (TPSA) is 21.3 Å². The Labute approximate surface area is 135 Å². The Hall–Kier alpha value is -1.32. The number of nitrogens with one attached hydrogen (secondary N) is 1. The molecule has 0 aliphatic carbocycles. The Morgan fingerprint density at radius 1 is 1.10 bits per heavy atom. The summed E-state index contributed by atoms with van der Waals surface area (Å²) in [5, 5.41) is 3.17. The van der Waals surface area contributed by atoms with Gasteiger partial charge in [0, 0.05) is 16.6 Å². The van der Waals surface area contributed by atoms with Crippen molar-refractivity contribution in [2.45, 2.75) is 32.7 Å². The maximum Gasteiger partial charge on any atom is 0.133 e. The zero-order valence-corrected chi connectivity index (χ0v) is 14.6. The molecule has 21 heavy (non-hydrogen) atoms. The van der Waals surface area contributed by atoms with Crippen molar-refractivity contribution in [2.24, 2.45) is 0 Å². The highest BCUT2D eigenvalue weighted by molar-refractivity contribution is 9.10. The molecule has 0 bridgehead atoms. The Morgan fingerprint density at radius 3 is 2.52 bits per heavy atom. The van der Waals surface area contributed by atoms with Crippen molar-refractivity contribution in [1.82, 2.24) is 5.32 Å². The molecule has 0 saturated carbocycles. The number of benzene rings is 2. The van der Waals surface area contributed by atoms with Crippen molar-refractivity contribution in [3.63, 3.8) is 0 Å². The average Bonchev–Trinajstić information content (AvgIpc) is 2.41. The molecule has 2 nitrogen and oxygen atoms in total. The summed E-state index contributed by atoms with van der Waals surface area (Å²) in [5.41, 5.74) is 2.52. The van der Waals surface area contributed by atoms with E-state index in [0.29, 0.717) is 0 Å². The van der Waals surface area contributed by atoms with Gasteiger partial charge in [0.15, 0.2) is 0 Å². The van der Waals surface area contributed by atoms with Crippen LogP contribution in [0.5, 0.6) is 11.5 Å². The molecule has 1 N–H and O–H groups in total. The molecule has 0 saturated heterocycles. The lowest BCUT2D eigenvalue weighted by atomic mass is 9.87. The first kappa shape index (κ1) is 16.1. The molecule has 0 heterocycles. The largest absolute Gasteiger partial charge is 0.457 e. The molecule has 0 aliphatic heterocycles. The molecule has 2 rings (SSSR count). The van der Waals surface area contributed by atoms with E-state index in [1.165, 1.54) is 5.56 Å². The summed E-state index contributed by atoms with van der Waals surface area (Å²) in [6.07, 6.45) is 0. The normalized spacial score (nSPS) is 11.5. The number of halogens is 1. The van der Waals surface area contributed by atoms with Crippen molar-refractivity contribution in [3.05, 3.63) is 58.1 Å².